The largest absolute Gasteiger partial charge is 0.372 e. The number of aromatic amines is 1. The van der Waals surface area contributed by atoms with Crippen LogP contribution < -0.4 is 10.3 Å². The zero-order valence-corrected chi connectivity index (χ0v) is 15.0. The van der Waals surface area contributed by atoms with Crippen LogP contribution in [0.3, 0.4) is 0 Å². The molecule has 1 fully saturated rings. The van der Waals surface area contributed by atoms with E-state index in [1.54, 1.807) is 0 Å². The van der Waals surface area contributed by atoms with Gasteiger partial charge in [0.25, 0.3) is 0 Å². The minimum atomic E-state index is 0.0273. The number of fused-ring (bicyclic) bond motifs is 1. The lowest BCUT2D eigenvalue weighted by Crippen LogP contribution is -2.29. The number of hydrogen-bond acceptors (Lipinski definition) is 2. The van der Waals surface area contributed by atoms with Crippen LogP contribution in [0, 0.1) is 0 Å². The molecule has 2 heterocycles. The quantitative estimate of drug-likeness (QED) is 0.680. The van der Waals surface area contributed by atoms with Crippen LogP contribution in [0.5, 0.6) is 0 Å². The fourth-order valence-electron chi connectivity index (χ4n) is 3.40. The van der Waals surface area contributed by atoms with Gasteiger partial charge < -0.3 is 9.88 Å². The van der Waals surface area contributed by atoms with Gasteiger partial charge in [0, 0.05) is 29.7 Å². The lowest BCUT2D eigenvalue weighted by Gasteiger charge is -2.28. The van der Waals surface area contributed by atoms with Crippen LogP contribution >= 0.6 is 15.9 Å². The summed E-state index contributed by atoms with van der Waals surface area (Å²) < 4.78 is 0.590. The summed E-state index contributed by atoms with van der Waals surface area (Å²) in [5.41, 5.74) is 4.01. The molecule has 0 spiro atoms. The second-order valence-corrected chi connectivity index (χ2v) is 7.08. The number of benzene rings is 2. The highest BCUT2D eigenvalue weighted by molar-refractivity contribution is 9.10. The molecular weight excluding hydrogens is 364 g/mol. The van der Waals surface area contributed by atoms with Gasteiger partial charge in [-0.1, -0.05) is 24.3 Å². The molecule has 0 unspecified atom stereocenters. The highest BCUT2D eigenvalue weighted by atomic mass is 79.9. The van der Waals surface area contributed by atoms with Gasteiger partial charge in [-0.3, -0.25) is 4.79 Å². The Morgan fingerprint density at radius 2 is 1.62 bits per heavy atom. The fraction of sp³-hybridized carbons (Fsp3) is 0.250. The molecule has 1 aromatic heterocycles. The molecule has 1 aliphatic heterocycles. The van der Waals surface area contributed by atoms with Crippen molar-refractivity contribution in [3.63, 3.8) is 0 Å². The molecule has 24 heavy (non-hydrogen) atoms. The van der Waals surface area contributed by atoms with E-state index in [4.69, 9.17) is 0 Å². The number of piperidine rings is 1. The average molecular weight is 383 g/mol. The standard InChI is InChI=1S/C20H19BrN2O/c21-18-19(22-17-7-3-2-6-16(17)20(18)24)14-8-10-15(11-9-14)23-12-4-1-5-13-23/h2-3,6-11H,1,4-5,12-13H2,(H,22,24). The Balaban J connectivity index is 1.74. The second-order valence-electron chi connectivity index (χ2n) is 6.28. The third kappa shape index (κ3) is 2.75. The van der Waals surface area contributed by atoms with Crippen molar-refractivity contribution in [2.75, 3.05) is 18.0 Å². The summed E-state index contributed by atoms with van der Waals surface area (Å²) in [6.07, 6.45) is 3.87. The smallest absolute Gasteiger partial charge is 0.204 e. The van der Waals surface area contributed by atoms with E-state index in [1.807, 2.05) is 24.3 Å². The normalized spacial score (nSPS) is 15.0. The van der Waals surface area contributed by atoms with E-state index in [1.165, 1.54) is 24.9 Å². The van der Waals surface area contributed by atoms with Crippen LogP contribution in [0.2, 0.25) is 0 Å². The van der Waals surface area contributed by atoms with E-state index in [0.29, 0.717) is 9.86 Å². The van der Waals surface area contributed by atoms with Gasteiger partial charge in [0.15, 0.2) is 0 Å². The van der Waals surface area contributed by atoms with Gasteiger partial charge in [-0.25, -0.2) is 0 Å². The van der Waals surface area contributed by atoms with Crippen molar-refractivity contribution in [3.05, 3.63) is 63.2 Å². The summed E-state index contributed by atoms with van der Waals surface area (Å²) in [5, 5.41) is 0.707. The number of aromatic nitrogens is 1. The molecule has 4 rings (SSSR count). The monoisotopic (exact) mass is 382 g/mol. The topological polar surface area (TPSA) is 36.1 Å². The number of nitrogens with one attached hydrogen (secondary N) is 1. The van der Waals surface area contributed by atoms with E-state index in [9.17, 15) is 4.79 Å². The van der Waals surface area contributed by atoms with E-state index < -0.39 is 0 Å². The molecule has 0 saturated carbocycles. The molecule has 3 nitrogen and oxygen atoms in total. The molecule has 0 atom stereocenters. The fourth-order valence-corrected chi connectivity index (χ4v) is 3.94. The van der Waals surface area contributed by atoms with E-state index in [0.717, 1.165) is 29.9 Å². The van der Waals surface area contributed by atoms with E-state index in [-0.39, 0.29) is 5.43 Å². The molecule has 3 aromatic rings. The number of nitrogens with zero attached hydrogens (tertiary/aromatic N) is 1. The third-order valence-corrected chi connectivity index (χ3v) is 5.48. The number of para-hydroxylation sites is 1. The zero-order valence-electron chi connectivity index (χ0n) is 13.4. The summed E-state index contributed by atoms with van der Waals surface area (Å²) in [7, 11) is 0. The van der Waals surface area contributed by atoms with Crippen molar-refractivity contribution in [3.8, 4) is 11.3 Å². The van der Waals surface area contributed by atoms with Crippen molar-refractivity contribution >= 4 is 32.5 Å². The second kappa shape index (κ2) is 6.44. The Hall–Kier alpha value is -2.07. The number of halogens is 1. The predicted molar refractivity (Wildman–Crippen MR) is 104 cm³/mol. The minimum Gasteiger partial charge on any atom is -0.372 e. The predicted octanol–water partition coefficient (Wildman–Crippen LogP) is 4.95. The maximum atomic E-state index is 12.6. The van der Waals surface area contributed by atoms with Gasteiger partial charge in [0.1, 0.15) is 0 Å². The first-order valence-electron chi connectivity index (χ1n) is 8.40. The van der Waals surface area contributed by atoms with Crippen molar-refractivity contribution in [2.24, 2.45) is 0 Å². The highest BCUT2D eigenvalue weighted by Gasteiger charge is 2.13. The summed E-state index contributed by atoms with van der Waals surface area (Å²) in [6, 6.07) is 16.1. The van der Waals surface area contributed by atoms with E-state index in [2.05, 4.69) is 50.1 Å². The molecule has 4 heteroatoms. The molecule has 2 aromatic carbocycles. The Morgan fingerprint density at radius 1 is 0.917 bits per heavy atom. The number of rotatable bonds is 2. The Morgan fingerprint density at radius 3 is 2.38 bits per heavy atom. The molecule has 1 N–H and O–H groups in total. The maximum Gasteiger partial charge on any atom is 0.204 e. The van der Waals surface area contributed by atoms with Crippen LogP contribution in [-0.2, 0) is 0 Å². The van der Waals surface area contributed by atoms with Crippen molar-refractivity contribution in [1.29, 1.82) is 0 Å². The average Bonchev–Trinajstić information content (AvgIpc) is 2.66. The molecule has 0 radical (unpaired) electrons. The van der Waals surface area contributed by atoms with E-state index >= 15 is 0 Å². The summed E-state index contributed by atoms with van der Waals surface area (Å²) in [6.45, 7) is 2.27. The van der Waals surface area contributed by atoms with Crippen molar-refractivity contribution < 1.29 is 0 Å². The Kier molecular flexibility index (Phi) is 4.15. The van der Waals surface area contributed by atoms with Gasteiger partial charge >= 0.3 is 0 Å². The molecular formula is C20H19BrN2O. The van der Waals surface area contributed by atoms with Gasteiger partial charge in [-0.2, -0.15) is 0 Å². The molecule has 1 saturated heterocycles. The molecule has 0 aliphatic carbocycles. The summed E-state index contributed by atoms with van der Waals surface area (Å²) >= 11 is 3.48. The number of hydrogen-bond donors (Lipinski definition) is 1. The third-order valence-electron chi connectivity index (χ3n) is 4.73. The van der Waals surface area contributed by atoms with Crippen LogP contribution in [0.1, 0.15) is 19.3 Å². The maximum absolute atomic E-state index is 12.6. The lowest BCUT2D eigenvalue weighted by molar-refractivity contribution is 0.578. The molecule has 122 valence electrons. The Labute approximate surface area is 149 Å². The number of pyridine rings is 1. The van der Waals surface area contributed by atoms with Crippen LogP contribution in [-0.4, -0.2) is 18.1 Å². The minimum absolute atomic E-state index is 0.0273. The molecule has 0 bridgehead atoms. The Bertz CT molecular complexity index is 925. The first kappa shape index (κ1) is 15.5. The number of anilines is 1. The molecule has 0 amide bonds. The lowest BCUT2D eigenvalue weighted by atomic mass is 10.1. The van der Waals surface area contributed by atoms with Crippen molar-refractivity contribution in [1.82, 2.24) is 4.98 Å². The van der Waals surface area contributed by atoms with Gasteiger partial charge in [-0.15, -0.1) is 0 Å². The summed E-state index contributed by atoms with van der Waals surface area (Å²) in [4.78, 5) is 18.4. The van der Waals surface area contributed by atoms with Crippen LogP contribution in [0.4, 0.5) is 5.69 Å². The van der Waals surface area contributed by atoms with Gasteiger partial charge in [-0.05, 0) is 65.0 Å². The summed E-state index contributed by atoms with van der Waals surface area (Å²) in [5.74, 6) is 0. The van der Waals surface area contributed by atoms with Crippen molar-refractivity contribution in [2.45, 2.75) is 19.3 Å². The highest BCUT2D eigenvalue weighted by Crippen LogP contribution is 2.28. The van der Waals surface area contributed by atoms with Crippen LogP contribution in [0.25, 0.3) is 22.2 Å². The molecule has 1 aliphatic rings. The number of H-pyrrole nitrogens is 1. The SMILES string of the molecule is O=c1c(Br)c(-c2ccc(N3CCCCC3)cc2)[nH]c2ccccc12. The first-order valence-corrected chi connectivity index (χ1v) is 9.19. The van der Waals surface area contributed by atoms with Gasteiger partial charge in [0.2, 0.25) is 5.43 Å². The van der Waals surface area contributed by atoms with Gasteiger partial charge in [0.05, 0.1) is 10.2 Å². The zero-order chi connectivity index (χ0) is 16.5. The first-order chi connectivity index (χ1) is 11.7. The van der Waals surface area contributed by atoms with Crippen LogP contribution in [0.15, 0.2) is 57.8 Å².